The van der Waals surface area contributed by atoms with Crippen molar-refractivity contribution in [1.29, 1.82) is 0 Å². The van der Waals surface area contributed by atoms with Crippen molar-refractivity contribution in [2.24, 2.45) is 0 Å². The number of aromatic hydroxyl groups is 1. The van der Waals surface area contributed by atoms with Gasteiger partial charge in [0.2, 0.25) is 11.6 Å². The molecule has 6 nitrogen and oxygen atoms in total. The lowest BCUT2D eigenvalue weighted by Gasteiger charge is -2.11. The van der Waals surface area contributed by atoms with Gasteiger partial charge in [-0.2, -0.15) is 4.39 Å². The van der Waals surface area contributed by atoms with Crippen molar-refractivity contribution in [3.05, 3.63) is 17.4 Å². The van der Waals surface area contributed by atoms with E-state index in [9.17, 15) is 19.1 Å². The Morgan fingerprint density at radius 2 is 1.88 bits per heavy atom. The first-order valence-electron chi connectivity index (χ1n) is 4.35. The van der Waals surface area contributed by atoms with E-state index in [0.717, 1.165) is 13.2 Å². The second-order valence-electron chi connectivity index (χ2n) is 2.96. The average molecular weight is 244 g/mol. The molecular weight excluding hydrogens is 235 g/mol. The largest absolute Gasteiger partial charge is 0.504 e. The van der Waals surface area contributed by atoms with Crippen molar-refractivity contribution in [2.45, 2.75) is 0 Å². The summed E-state index contributed by atoms with van der Waals surface area (Å²) in [6.07, 6.45) is 0. The zero-order valence-corrected chi connectivity index (χ0v) is 8.98. The van der Waals surface area contributed by atoms with Gasteiger partial charge in [0.1, 0.15) is 0 Å². The number of ether oxygens (including phenoxy) is 2. The lowest BCUT2D eigenvalue weighted by atomic mass is 10.1. The summed E-state index contributed by atoms with van der Waals surface area (Å²) in [6.45, 7) is 0. The molecule has 0 saturated carbocycles. The van der Waals surface area contributed by atoms with E-state index in [4.69, 9.17) is 9.84 Å². The van der Waals surface area contributed by atoms with Gasteiger partial charge in [0.05, 0.1) is 19.8 Å². The number of ketones is 1. The molecule has 0 bridgehead atoms. The van der Waals surface area contributed by atoms with E-state index in [-0.39, 0.29) is 5.75 Å². The van der Waals surface area contributed by atoms with E-state index in [1.807, 2.05) is 0 Å². The van der Waals surface area contributed by atoms with Crippen LogP contribution in [0, 0.1) is 5.82 Å². The van der Waals surface area contributed by atoms with Crippen LogP contribution < -0.4 is 9.47 Å². The van der Waals surface area contributed by atoms with E-state index in [1.165, 1.54) is 7.11 Å². The van der Waals surface area contributed by atoms with Crippen molar-refractivity contribution >= 4 is 11.8 Å². The van der Waals surface area contributed by atoms with Crippen LogP contribution in [0.4, 0.5) is 4.39 Å². The van der Waals surface area contributed by atoms with E-state index in [2.05, 4.69) is 4.74 Å². The zero-order chi connectivity index (χ0) is 13.2. The SMILES string of the molecule is COc1cc(C(=O)C(=O)O)c(O)c(F)c1OC. The Balaban J connectivity index is 3.50. The molecule has 17 heavy (non-hydrogen) atoms. The molecule has 0 radical (unpaired) electrons. The molecule has 0 atom stereocenters. The smallest absolute Gasteiger partial charge is 0.377 e. The summed E-state index contributed by atoms with van der Waals surface area (Å²) >= 11 is 0. The Morgan fingerprint density at radius 3 is 2.29 bits per heavy atom. The molecule has 7 heteroatoms. The average Bonchev–Trinajstić information content (AvgIpc) is 2.31. The van der Waals surface area contributed by atoms with Crippen molar-refractivity contribution in [3.63, 3.8) is 0 Å². The van der Waals surface area contributed by atoms with Crippen LogP contribution in [0.1, 0.15) is 10.4 Å². The van der Waals surface area contributed by atoms with Gasteiger partial charge in [-0.25, -0.2) is 4.79 Å². The monoisotopic (exact) mass is 244 g/mol. The normalized spacial score (nSPS) is 9.82. The van der Waals surface area contributed by atoms with Gasteiger partial charge < -0.3 is 19.7 Å². The highest BCUT2D eigenvalue weighted by Crippen LogP contribution is 2.38. The lowest BCUT2D eigenvalue weighted by Crippen LogP contribution is -2.14. The molecule has 0 spiro atoms. The summed E-state index contributed by atoms with van der Waals surface area (Å²) in [5.74, 6) is -6.19. The maximum Gasteiger partial charge on any atom is 0.377 e. The first kappa shape index (κ1) is 12.8. The maximum absolute atomic E-state index is 13.5. The molecule has 1 rings (SSSR count). The molecule has 0 heterocycles. The van der Waals surface area contributed by atoms with E-state index in [0.29, 0.717) is 0 Å². The number of carboxylic acid groups (broad SMARTS) is 1. The zero-order valence-electron chi connectivity index (χ0n) is 8.98. The number of halogens is 1. The molecule has 0 fully saturated rings. The number of rotatable bonds is 4. The third-order valence-corrected chi connectivity index (χ3v) is 2.02. The molecule has 1 aromatic carbocycles. The minimum absolute atomic E-state index is 0.188. The summed E-state index contributed by atoms with van der Waals surface area (Å²) in [7, 11) is 2.32. The number of methoxy groups -OCH3 is 2. The minimum atomic E-state index is -1.81. The van der Waals surface area contributed by atoms with Gasteiger partial charge in [-0.3, -0.25) is 4.79 Å². The van der Waals surface area contributed by atoms with Crippen LogP contribution in [-0.4, -0.2) is 36.2 Å². The standard InChI is InChI=1S/C10H9FO6/c1-16-5-3-4(8(13)10(14)15)7(12)6(11)9(5)17-2/h3,12H,1-2H3,(H,14,15). The van der Waals surface area contributed by atoms with Gasteiger partial charge in [-0.15, -0.1) is 0 Å². The highest BCUT2D eigenvalue weighted by atomic mass is 19.1. The number of carboxylic acids is 1. The number of benzene rings is 1. The predicted molar refractivity (Wildman–Crippen MR) is 53.1 cm³/mol. The third-order valence-electron chi connectivity index (χ3n) is 2.02. The van der Waals surface area contributed by atoms with Crippen molar-refractivity contribution in [3.8, 4) is 17.2 Å². The van der Waals surface area contributed by atoms with Crippen LogP contribution in [0.5, 0.6) is 17.2 Å². The summed E-state index contributed by atoms with van der Waals surface area (Å²) in [5.41, 5.74) is -0.701. The molecule has 0 aliphatic heterocycles. The second kappa shape index (κ2) is 4.69. The first-order valence-corrected chi connectivity index (χ1v) is 4.35. The van der Waals surface area contributed by atoms with Crippen molar-refractivity contribution in [2.75, 3.05) is 14.2 Å². The number of hydrogen-bond donors (Lipinski definition) is 2. The molecule has 0 amide bonds. The van der Waals surface area contributed by atoms with Crippen LogP contribution in [0.3, 0.4) is 0 Å². The third kappa shape index (κ3) is 2.12. The minimum Gasteiger partial charge on any atom is -0.504 e. The van der Waals surface area contributed by atoms with Gasteiger partial charge >= 0.3 is 5.97 Å². The maximum atomic E-state index is 13.5. The molecule has 0 unspecified atom stereocenters. The number of Topliss-reactive ketones (excluding diaryl/α,β-unsaturated/α-hetero) is 1. The Kier molecular flexibility index (Phi) is 3.52. The number of aliphatic carboxylic acids is 1. The van der Waals surface area contributed by atoms with Gasteiger partial charge in [0, 0.05) is 0 Å². The molecule has 0 aliphatic rings. The Morgan fingerprint density at radius 1 is 1.29 bits per heavy atom. The Labute approximate surface area is 95.2 Å². The van der Waals surface area contributed by atoms with E-state index < -0.39 is 34.6 Å². The Hall–Kier alpha value is -2.31. The number of phenolic OH excluding ortho intramolecular Hbond substituents is 1. The Bertz CT molecular complexity index is 482. The number of carbonyl (C=O) groups excluding carboxylic acids is 1. The van der Waals surface area contributed by atoms with Gasteiger partial charge in [0.25, 0.3) is 5.78 Å². The molecule has 0 aromatic heterocycles. The fourth-order valence-corrected chi connectivity index (χ4v) is 1.23. The quantitative estimate of drug-likeness (QED) is 0.601. The number of phenols is 1. The van der Waals surface area contributed by atoms with Crippen LogP contribution >= 0.6 is 0 Å². The predicted octanol–water partition coefficient (Wildman–Crippen LogP) is 0.816. The summed E-state index contributed by atoms with van der Waals surface area (Å²) in [4.78, 5) is 21.6. The van der Waals surface area contributed by atoms with Crippen LogP contribution in [0.25, 0.3) is 0 Å². The summed E-state index contributed by atoms with van der Waals surface area (Å²) < 4.78 is 22.9. The van der Waals surface area contributed by atoms with E-state index >= 15 is 0 Å². The molecule has 92 valence electrons. The number of hydrogen-bond acceptors (Lipinski definition) is 5. The lowest BCUT2D eigenvalue weighted by molar-refractivity contribution is -0.131. The highest BCUT2D eigenvalue weighted by molar-refractivity contribution is 6.40. The molecule has 2 N–H and O–H groups in total. The second-order valence-corrected chi connectivity index (χ2v) is 2.96. The first-order chi connectivity index (χ1) is 7.93. The van der Waals surface area contributed by atoms with Crippen LogP contribution in [0.2, 0.25) is 0 Å². The van der Waals surface area contributed by atoms with Gasteiger partial charge in [-0.05, 0) is 6.07 Å². The van der Waals surface area contributed by atoms with Crippen LogP contribution in [-0.2, 0) is 4.79 Å². The number of carbonyl (C=O) groups is 2. The van der Waals surface area contributed by atoms with Crippen molar-refractivity contribution in [1.82, 2.24) is 0 Å². The van der Waals surface area contributed by atoms with Gasteiger partial charge in [0.15, 0.2) is 11.5 Å². The molecule has 1 aromatic rings. The molecule has 0 aliphatic carbocycles. The summed E-state index contributed by atoms with van der Waals surface area (Å²) in [6, 6.07) is 0.897. The molecule has 0 saturated heterocycles. The van der Waals surface area contributed by atoms with Crippen LogP contribution in [0.15, 0.2) is 6.07 Å². The van der Waals surface area contributed by atoms with Gasteiger partial charge in [-0.1, -0.05) is 0 Å². The molecular formula is C10H9FO6. The fourth-order valence-electron chi connectivity index (χ4n) is 1.23. The highest BCUT2D eigenvalue weighted by Gasteiger charge is 2.26. The topological polar surface area (TPSA) is 93.1 Å². The summed E-state index contributed by atoms with van der Waals surface area (Å²) in [5, 5.41) is 17.8. The van der Waals surface area contributed by atoms with E-state index in [1.54, 1.807) is 0 Å². The fraction of sp³-hybridized carbons (Fsp3) is 0.200. The van der Waals surface area contributed by atoms with Crippen molar-refractivity contribution < 1.29 is 33.7 Å².